The van der Waals surface area contributed by atoms with E-state index in [4.69, 9.17) is 9.47 Å². The molecule has 1 aliphatic rings. The molecule has 1 saturated heterocycles. The van der Waals surface area contributed by atoms with E-state index in [9.17, 15) is 13.6 Å². The molecule has 1 atom stereocenters. The van der Waals surface area contributed by atoms with Crippen molar-refractivity contribution in [2.45, 2.75) is 13.0 Å². The van der Waals surface area contributed by atoms with Crippen LogP contribution in [0.15, 0.2) is 54.9 Å². The third-order valence-electron chi connectivity index (χ3n) is 5.29. The standard InChI is InChI=1S/C23H22F2N4O3/c1-15-13-28(9-10-29(15)23(30)17-5-3-4-6-20(17)31-2)21-12-22(27-14-26-21)32-16-7-8-18(24)19(25)11-16/h3-8,11-12,14-15H,9-10,13H2,1-2H3. The molecule has 0 saturated carbocycles. The summed E-state index contributed by atoms with van der Waals surface area (Å²) in [5.74, 6) is -0.526. The van der Waals surface area contributed by atoms with Crippen molar-refractivity contribution in [2.75, 3.05) is 31.6 Å². The van der Waals surface area contributed by atoms with Gasteiger partial charge in [0, 0.05) is 37.8 Å². The first-order valence-corrected chi connectivity index (χ1v) is 10.1. The van der Waals surface area contributed by atoms with Gasteiger partial charge >= 0.3 is 0 Å². The van der Waals surface area contributed by atoms with Crippen molar-refractivity contribution in [2.24, 2.45) is 0 Å². The molecule has 0 radical (unpaired) electrons. The normalized spacial score (nSPS) is 16.1. The number of benzene rings is 2. The maximum Gasteiger partial charge on any atom is 0.257 e. The molecule has 2 heterocycles. The molecule has 32 heavy (non-hydrogen) atoms. The fourth-order valence-electron chi connectivity index (χ4n) is 3.66. The molecular weight excluding hydrogens is 418 g/mol. The number of rotatable bonds is 5. The highest BCUT2D eigenvalue weighted by atomic mass is 19.2. The van der Waals surface area contributed by atoms with E-state index in [0.29, 0.717) is 36.8 Å². The van der Waals surface area contributed by atoms with E-state index >= 15 is 0 Å². The number of hydrogen-bond donors (Lipinski definition) is 0. The van der Waals surface area contributed by atoms with Gasteiger partial charge in [0.1, 0.15) is 23.6 Å². The lowest BCUT2D eigenvalue weighted by Crippen LogP contribution is -2.54. The summed E-state index contributed by atoms with van der Waals surface area (Å²) >= 11 is 0. The zero-order valence-corrected chi connectivity index (χ0v) is 17.7. The third kappa shape index (κ3) is 4.46. The van der Waals surface area contributed by atoms with Gasteiger partial charge in [-0.15, -0.1) is 0 Å². The monoisotopic (exact) mass is 440 g/mol. The van der Waals surface area contributed by atoms with Gasteiger partial charge in [0.2, 0.25) is 5.88 Å². The fourth-order valence-corrected chi connectivity index (χ4v) is 3.66. The first-order valence-electron chi connectivity index (χ1n) is 10.1. The number of nitrogens with zero attached hydrogens (tertiary/aromatic N) is 4. The highest BCUT2D eigenvalue weighted by molar-refractivity contribution is 5.97. The van der Waals surface area contributed by atoms with Crippen molar-refractivity contribution in [3.63, 3.8) is 0 Å². The molecule has 7 nitrogen and oxygen atoms in total. The van der Waals surface area contributed by atoms with Crippen LogP contribution in [0.3, 0.4) is 0 Å². The van der Waals surface area contributed by atoms with E-state index in [2.05, 4.69) is 9.97 Å². The van der Waals surface area contributed by atoms with Crippen LogP contribution in [0.5, 0.6) is 17.4 Å². The number of carbonyl (C=O) groups excluding carboxylic acids is 1. The topological polar surface area (TPSA) is 67.8 Å². The number of hydrogen-bond acceptors (Lipinski definition) is 6. The third-order valence-corrected chi connectivity index (χ3v) is 5.29. The van der Waals surface area contributed by atoms with Crippen molar-refractivity contribution in [3.05, 3.63) is 72.1 Å². The van der Waals surface area contributed by atoms with Gasteiger partial charge in [-0.05, 0) is 31.2 Å². The SMILES string of the molecule is COc1ccccc1C(=O)N1CCN(c2cc(Oc3ccc(F)c(F)c3)ncn2)CC1C. The van der Waals surface area contributed by atoms with Crippen LogP contribution >= 0.6 is 0 Å². The number of para-hydroxylation sites is 1. The van der Waals surface area contributed by atoms with Crippen LogP contribution in [0.2, 0.25) is 0 Å². The second kappa shape index (κ2) is 9.17. The number of ether oxygens (including phenoxy) is 2. The Labute approximate surface area is 184 Å². The molecule has 0 spiro atoms. The Morgan fingerprint density at radius 2 is 1.88 bits per heavy atom. The predicted molar refractivity (Wildman–Crippen MR) is 114 cm³/mol. The van der Waals surface area contributed by atoms with Crippen molar-refractivity contribution in [1.82, 2.24) is 14.9 Å². The maximum atomic E-state index is 13.4. The number of piperazine rings is 1. The van der Waals surface area contributed by atoms with Gasteiger partial charge in [-0.25, -0.2) is 18.7 Å². The van der Waals surface area contributed by atoms with Crippen molar-refractivity contribution >= 4 is 11.7 Å². The quantitative estimate of drug-likeness (QED) is 0.599. The Bertz CT molecular complexity index is 1130. The van der Waals surface area contributed by atoms with Crippen LogP contribution in [0.25, 0.3) is 0 Å². The molecule has 1 amide bonds. The second-order valence-corrected chi connectivity index (χ2v) is 7.39. The predicted octanol–water partition coefficient (Wildman–Crippen LogP) is 3.91. The van der Waals surface area contributed by atoms with Crippen molar-refractivity contribution < 1.29 is 23.0 Å². The summed E-state index contributed by atoms with van der Waals surface area (Å²) in [5, 5.41) is 0. The Kier molecular flexibility index (Phi) is 6.16. The van der Waals surface area contributed by atoms with E-state index in [1.54, 1.807) is 25.3 Å². The number of carbonyl (C=O) groups is 1. The zero-order valence-electron chi connectivity index (χ0n) is 17.7. The second-order valence-electron chi connectivity index (χ2n) is 7.39. The summed E-state index contributed by atoms with van der Waals surface area (Å²) in [7, 11) is 1.54. The van der Waals surface area contributed by atoms with Crippen LogP contribution < -0.4 is 14.4 Å². The molecule has 3 aromatic rings. The molecule has 1 unspecified atom stereocenters. The van der Waals surface area contributed by atoms with E-state index in [-0.39, 0.29) is 23.6 Å². The minimum absolute atomic E-state index is 0.0771. The van der Waals surface area contributed by atoms with Gasteiger partial charge in [0.05, 0.1) is 12.7 Å². The van der Waals surface area contributed by atoms with Gasteiger partial charge in [-0.3, -0.25) is 4.79 Å². The Hall–Kier alpha value is -3.75. The van der Waals surface area contributed by atoms with E-state index in [0.717, 1.165) is 12.1 Å². The summed E-state index contributed by atoms with van der Waals surface area (Å²) in [5.41, 5.74) is 0.527. The Balaban J connectivity index is 1.46. The lowest BCUT2D eigenvalue weighted by molar-refractivity contribution is 0.0670. The molecule has 1 aliphatic heterocycles. The van der Waals surface area contributed by atoms with Crippen LogP contribution in [0.1, 0.15) is 17.3 Å². The maximum absolute atomic E-state index is 13.4. The average molecular weight is 440 g/mol. The van der Waals surface area contributed by atoms with Crippen molar-refractivity contribution in [3.8, 4) is 17.4 Å². The van der Waals surface area contributed by atoms with Gasteiger partial charge in [-0.1, -0.05) is 12.1 Å². The Morgan fingerprint density at radius 3 is 2.62 bits per heavy atom. The summed E-state index contributed by atoms with van der Waals surface area (Å²) in [4.78, 5) is 25.3. The molecule has 0 bridgehead atoms. The molecule has 0 aliphatic carbocycles. The largest absolute Gasteiger partial charge is 0.496 e. The first kappa shape index (κ1) is 21.5. The van der Waals surface area contributed by atoms with Crippen LogP contribution in [-0.4, -0.2) is 53.6 Å². The number of halogens is 2. The zero-order chi connectivity index (χ0) is 22.7. The molecular formula is C23H22F2N4O3. The molecule has 166 valence electrons. The minimum atomic E-state index is -0.999. The van der Waals surface area contributed by atoms with Crippen LogP contribution in [-0.2, 0) is 0 Å². The lowest BCUT2D eigenvalue weighted by atomic mass is 10.1. The smallest absolute Gasteiger partial charge is 0.257 e. The minimum Gasteiger partial charge on any atom is -0.496 e. The van der Waals surface area contributed by atoms with Crippen LogP contribution in [0, 0.1) is 11.6 Å². The average Bonchev–Trinajstić information content (AvgIpc) is 2.81. The van der Waals surface area contributed by atoms with Gasteiger partial charge < -0.3 is 19.3 Å². The summed E-state index contributed by atoms with van der Waals surface area (Å²) in [6.45, 7) is 3.59. The number of amides is 1. The van der Waals surface area contributed by atoms with E-state index < -0.39 is 11.6 Å². The molecule has 4 rings (SSSR count). The molecule has 1 fully saturated rings. The molecule has 2 aromatic carbocycles. The summed E-state index contributed by atoms with van der Waals surface area (Å²) in [6, 6.07) is 12.0. The van der Waals surface area contributed by atoms with Crippen LogP contribution in [0.4, 0.5) is 14.6 Å². The highest BCUT2D eigenvalue weighted by Gasteiger charge is 2.30. The highest BCUT2D eigenvalue weighted by Crippen LogP contribution is 2.26. The summed E-state index contributed by atoms with van der Waals surface area (Å²) < 4.78 is 37.4. The van der Waals surface area contributed by atoms with E-state index in [1.807, 2.05) is 28.9 Å². The van der Waals surface area contributed by atoms with Gasteiger partial charge in [0.25, 0.3) is 5.91 Å². The Morgan fingerprint density at radius 1 is 1.06 bits per heavy atom. The fraction of sp³-hybridized carbons (Fsp3) is 0.261. The molecule has 9 heteroatoms. The first-order chi connectivity index (χ1) is 15.5. The summed E-state index contributed by atoms with van der Waals surface area (Å²) in [6.07, 6.45) is 1.35. The van der Waals surface area contributed by atoms with Gasteiger partial charge in [0.15, 0.2) is 11.6 Å². The lowest BCUT2D eigenvalue weighted by Gasteiger charge is -2.40. The molecule has 0 N–H and O–H groups in total. The van der Waals surface area contributed by atoms with E-state index in [1.165, 1.54) is 12.4 Å². The number of methoxy groups -OCH3 is 1. The number of anilines is 1. The number of aromatic nitrogens is 2. The molecule has 1 aromatic heterocycles. The van der Waals surface area contributed by atoms with Crippen molar-refractivity contribution in [1.29, 1.82) is 0 Å². The van der Waals surface area contributed by atoms with Gasteiger partial charge in [-0.2, -0.15) is 0 Å².